The molecule has 7 aromatic rings. The van der Waals surface area contributed by atoms with Gasteiger partial charge in [-0.15, -0.1) is 0 Å². The highest BCUT2D eigenvalue weighted by atomic mass is 14.9. The Morgan fingerprint density at radius 1 is 0.632 bits per heavy atom. The first-order valence-corrected chi connectivity index (χ1v) is 13.9. The Balaban J connectivity index is 1.37. The molecule has 1 aliphatic carbocycles. The Labute approximate surface area is 223 Å². The van der Waals surface area contributed by atoms with Crippen molar-refractivity contribution in [2.45, 2.75) is 45.4 Å². The molecule has 1 nitrogen and oxygen atoms in total. The zero-order valence-electron chi connectivity index (χ0n) is 22.5. The maximum atomic E-state index is 2.47. The molecule has 8 rings (SSSR count). The van der Waals surface area contributed by atoms with Crippen LogP contribution in [0.4, 0.5) is 0 Å². The van der Waals surface area contributed by atoms with Crippen LogP contribution < -0.4 is 0 Å². The maximum Gasteiger partial charge on any atom is 0.0620 e. The summed E-state index contributed by atoms with van der Waals surface area (Å²) in [5, 5.41) is 5.33. The van der Waals surface area contributed by atoms with E-state index in [1.165, 1.54) is 83.5 Å². The molecular formula is C37H31N. The summed E-state index contributed by atoms with van der Waals surface area (Å²) in [5.74, 6) is 0.583. The monoisotopic (exact) mass is 489 g/mol. The number of fused-ring (bicyclic) bond motifs is 9. The van der Waals surface area contributed by atoms with Gasteiger partial charge in [0.1, 0.15) is 0 Å². The minimum absolute atomic E-state index is 0.0202. The Bertz CT molecular complexity index is 1970. The van der Waals surface area contributed by atoms with Gasteiger partial charge in [-0.3, -0.25) is 0 Å². The number of hydrogen-bond acceptors (Lipinski definition) is 0. The topological polar surface area (TPSA) is 4.41 Å². The fraction of sp³-hybridized carbons (Fsp3) is 0.189. The Morgan fingerprint density at radius 3 is 1.84 bits per heavy atom. The highest BCUT2D eigenvalue weighted by Crippen LogP contribution is 2.51. The first kappa shape index (κ1) is 21.9. The number of nitrogens with zero attached hydrogens (tertiary/aromatic N) is 1. The summed E-state index contributed by atoms with van der Waals surface area (Å²) in [5.41, 5.74) is 13.6. The van der Waals surface area contributed by atoms with E-state index in [0.29, 0.717) is 5.92 Å². The van der Waals surface area contributed by atoms with Gasteiger partial charge in [0.05, 0.1) is 16.6 Å². The first-order chi connectivity index (χ1) is 18.5. The van der Waals surface area contributed by atoms with Crippen molar-refractivity contribution in [3.8, 4) is 22.3 Å². The van der Waals surface area contributed by atoms with Gasteiger partial charge in [-0.05, 0) is 81.6 Å². The van der Waals surface area contributed by atoms with E-state index in [0.717, 1.165) is 0 Å². The molecule has 0 saturated carbocycles. The van der Waals surface area contributed by atoms with Crippen molar-refractivity contribution in [2.75, 3.05) is 0 Å². The van der Waals surface area contributed by atoms with Gasteiger partial charge in [-0.1, -0.05) is 94.4 Å². The second-order valence-electron chi connectivity index (χ2n) is 11.8. The van der Waals surface area contributed by atoms with E-state index < -0.39 is 0 Å². The van der Waals surface area contributed by atoms with Gasteiger partial charge in [0.2, 0.25) is 0 Å². The average molecular weight is 490 g/mol. The molecule has 0 N–H and O–H groups in total. The molecule has 0 saturated heterocycles. The molecule has 1 aliphatic rings. The minimum Gasteiger partial charge on any atom is -0.308 e. The van der Waals surface area contributed by atoms with Crippen molar-refractivity contribution in [1.29, 1.82) is 0 Å². The number of rotatable bonds is 3. The molecule has 0 radical (unpaired) electrons. The molecular weight excluding hydrogens is 458 g/mol. The van der Waals surface area contributed by atoms with Crippen LogP contribution in [-0.2, 0) is 5.41 Å². The highest BCUT2D eigenvalue weighted by molar-refractivity contribution is 6.24. The van der Waals surface area contributed by atoms with E-state index in [2.05, 4.69) is 129 Å². The Kier molecular flexibility index (Phi) is 4.32. The molecule has 1 atom stereocenters. The molecule has 5 aromatic carbocycles. The van der Waals surface area contributed by atoms with Crippen LogP contribution in [0.1, 0.15) is 56.7 Å². The summed E-state index contributed by atoms with van der Waals surface area (Å²) >= 11 is 0. The first-order valence-electron chi connectivity index (χ1n) is 13.9. The fourth-order valence-electron chi connectivity index (χ4n) is 7.09. The molecule has 2 aromatic heterocycles. The van der Waals surface area contributed by atoms with E-state index in [9.17, 15) is 0 Å². The van der Waals surface area contributed by atoms with Gasteiger partial charge in [0, 0.05) is 27.0 Å². The zero-order chi connectivity index (χ0) is 25.8. The van der Waals surface area contributed by atoms with Crippen LogP contribution in [0, 0.1) is 0 Å². The molecule has 0 aliphatic heterocycles. The van der Waals surface area contributed by atoms with Crippen LogP contribution in [-0.4, -0.2) is 4.40 Å². The maximum absolute atomic E-state index is 2.47. The summed E-state index contributed by atoms with van der Waals surface area (Å²) in [4.78, 5) is 0. The second-order valence-corrected chi connectivity index (χ2v) is 11.8. The van der Waals surface area contributed by atoms with E-state index >= 15 is 0 Å². The normalized spacial score (nSPS) is 15.1. The van der Waals surface area contributed by atoms with Gasteiger partial charge in [-0.2, -0.15) is 0 Å². The minimum atomic E-state index is -0.0202. The summed E-state index contributed by atoms with van der Waals surface area (Å²) < 4.78 is 2.45. The van der Waals surface area contributed by atoms with E-state index in [1.807, 2.05) is 0 Å². The van der Waals surface area contributed by atoms with Crippen molar-refractivity contribution in [3.05, 3.63) is 114 Å². The zero-order valence-corrected chi connectivity index (χ0v) is 22.5. The van der Waals surface area contributed by atoms with Crippen LogP contribution in [0.3, 0.4) is 0 Å². The van der Waals surface area contributed by atoms with Gasteiger partial charge >= 0.3 is 0 Å². The van der Waals surface area contributed by atoms with Crippen molar-refractivity contribution < 1.29 is 0 Å². The molecule has 0 bridgehead atoms. The van der Waals surface area contributed by atoms with Crippen molar-refractivity contribution in [2.24, 2.45) is 0 Å². The van der Waals surface area contributed by atoms with E-state index in [1.54, 1.807) is 0 Å². The average Bonchev–Trinajstić information content (AvgIpc) is 3.55. The quantitative estimate of drug-likeness (QED) is 0.232. The van der Waals surface area contributed by atoms with Gasteiger partial charge < -0.3 is 4.40 Å². The van der Waals surface area contributed by atoms with Crippen LogP contribution in [0.5, 0.6) is 0 Å². The lowest BCUT2D eigenvalue weighted by molar-refractivity contribution is 0.655. The van der Waals surface area contributed by atoms with Crippen LogP contribution in [0.15, 0.2) is 97.1 Å². The standard InChI is InChI=1S/C37H31N/c1-5-22(2)23-14-16-26-27-17-15-24(21-33(27)37(3,4)32(26)20-23)25-18-30-28-10-6-8-12-34(28)38-35-13-9-7-11-29(35)31(19-25)36(30)38/h6-22H,5H2,1-4H3. The molecule has 0 fully saturated rings. The second kappa shape index (κ2) is 7.48. The van der Waals surface area contributed by atoms with E-state index in [4.69, 9.17) is 0 Å². The van der Waals surface area contributed by atoms with Crippen LogP contribution >= 0.6 is 0 Å². The third-order valence-electron chi connectivity index (χ3n) is 9.42. The number of aromatic nitrogens is 1. The third kappa shape index (κ3) is 2.72. The Morgan fingerprint density at radius 2 is 1.21 bits per heavy atom. The predicted molar refractivity (Wildman–Crippen MR) is 163 cm³/mol. The number of hydrogen-bond donors (Lipinski definition) is 0. The van der Waals surface area contributed by atoms with Crippen LogP contribution in [0.25, 0.3) is 60.3 Å². The summed E-state index contributed by atoms with van der Waals surface area (Å²) in [7, 11) is 0. The molecule has 184 valence electrons. The molecule has 1 unspecified atom stereocenters. The number of para-hydroxylation sites is 2. The van der Waals surface area contributed by atoms with Gasteiger partial charge in [-0.25, -0.2) is 0 Å². The summed E-state index contributed by atoms with van der Waals surface area (Å²) in [6.07, 6.45) is 1.17. The lowest BCUT2D eigenvalue weighted by atomic mass is 9.80. The highest BCUT2D eigenvalue weighted by Gasteiger charge is 2.36. The summed E-state index contributed by atoms with van der Waals surface area (Å²) in [6.45, 7) is 9.41. The van der Waals surface area contributed by atoms with E-state index in [-0.39, 0.29) is 5.41 Å². The van der Waals surface area contributed by atoms with Crippen molar-refractivity contribution in [1.82, 2.24) is 4.40 Å². The summed E-state index contributed by atoms with van der Waals surface area (Å²) in [6, 6.07) is 36.9. The lowest BCUT2D eigenvalue weighted by Crippen LogP contribution is -2.15. The van der Waals surface area contributed by atoms with Gasteiger partial charge in [0.15, 0.2) is 0 Å². The number of benzene rings is 5. The Hall–Kier alpha value is -4.10. The molecule has 0 amide bonds. The van der Waals surface area contributed by atoms with Crippen LogP contribution in [0.2, 0.25) is 0 Å². The fourth-order valence-corrected chi connectivity index (χ4v) is 7.09. The smallest absolute Gasteiger partial charge is 0.0620 e. The van der Waals surface area contributed by atoms with Crippen molar-refractivity contribution >= 4 is 38.1 Å². The molecule has 0 spiro atoms. The van der Waals surface area contributed by atoms with Gasteiger partial charge in [0.25, 0.3) is 0 Å². The van der Waals surface area contributed by atoms with Crippen molar-refractivity contribution in [3.63, 3.8) is 0 Å². The third-order valence-corrected chi connectivity index (χ3v) is 9.42. The molecule has 2 heterocycles. The SMILES string of the molecule is CCC(C)c1ccc2c(c1)C(C)(C)c1cc(-c3cc4c5ccccc5n5c6ccccc6c(c3)c45)ccc1-2. The molecule has 38 heavy (non-hydrogen) atoms. The largest absolute Gasteiger partial charge is 0.308 e. The predicted octanol–water partition coefficient (Wildman–Crippen LogP) is 10.3. The lowest BCUT2D eigenvalue weighted by Gasteiger charge is -2.23. The molecule has 1 heteroatoms.